The molecule has 1 heterocycles. The first-order valence-corrected chi connectivity index (χ1v) is 4.88. The Morgan fingerprint density at radius 3 is 3.00 bits per heavy atom. The molecule has 0 atom stereocenters. The lowest BCUT2D eigenvalue weighted by molar-refractivity contribution is 0.590. The van der Waals surface area contributed by atoms with Crippen molar-refractivity contribution in [2.45, 2.75) is 13.5 Å². The Balaban J connectivity index is 2.36. The van der Waals surface area contributed by atoms with E-state index >= 15 is 0 Å². The van der Waals surface area contributed by atoms with Crippen molar-refractivity contribution < 1.29 is 0 Å². The molecule has 1 aromatic heterocycles. The van der Waals surface area contributed by atoms with Gasteiger partial charge in [0.25, 0.3) is 0 Å². The van der Waals surface area contributed by atoms with E-state index in [-0.39, 0.29) is 0 Å². The minimum Gasteiger partial charge on any atom is -0.318 e. The van der Waals surface area contributed by atoms with Gasteiger partial charge in [-0.2, -0.15) is 5.10 Å². The van der Waals surface area contributed by atoms with E-state index in [0.29, 0.717) is 0 Å². The molecule has 3 heteroatoms. The van der Waals surface area contributed by atoms with Crippen LogP contribution < -0.4 is 5.32 Å². The fourth-order valence-corrected chi connectivity index (χ4v) is 1.58. The van der Waals surface area contributed by atoms with Crippen LogP contribution in [0.1, 0.15) is 5.56 Å². The van der Waals surface area contributed by atoms with Gasteiger partial charge in [-0.15, -0.1) is 0 Å². The van der Waals surface area contributed by atoms with Crippen LogP contribution in [0.25, 0.3) is 10.9 Å². The summed E-state index contributed by atoms with van der Waals surface area (Å²) in [5.74, 6) is 0. The SMILES string of the molecule is CNCCn1cc2c(C)cccc2n1. The first kappa shape index (κ1) is 9.21. The maximum absolute atomic E-state index is 4.49. The Kier molecular flexibility index (Phi) is 2.50. The van der Waals surface area contributed by atoms with E-state index in [4.69, 9.17) is 0 Å². The Morgan fingerprint density at radius 2 is 2.29 bits per heavy atom. The Labute approximate surface area is 83.7 Å². The molecule has 0 aliphatic rings. The van der Waals surface area contributed by atoms with Crippen molar-refractivity contribution in [1.29, 1.82) is 0 Å². The average molecular weight is 189 g/mol. The summed E-state index contributed by atoms with van der Waals surface area (Å²) in [6, 6.07) is 6.22. The molecule has 0 amide bonds. The minimum atomic E-state index is 0.921. The van der Waals surface area contributed by atoms with Crippen molar-refractivity contribution in [3.63, 3.8) is 0 Å². The summed E-state index contributed by atoms with van der Waals surface area (Å²) in [6.07, 6.45) is 2.11. The molecule has 2 rings (SSSR count). The maximum atomic E-state index is 4.49. The number of rotatable bonds is 3. The predicted molar refractivity (Wildman–Crippen MR) is 58.4 cm³/mol. The number of likely N-dealkylation sites (N-methyl/N-ethyl adjacent to an activating group) is 1. The molecule has 1 aromatic carbocycles. The van der Waals surface area contributed by atoms with Gasteiger partial charge in [0.2, 0.25) is 0 Å². The lowest BCUT2D eigenvalue weighted by Crippen LogP contribution is -2.14. The van der Waals surface area contributed by atoms with Gasteiger partial charge in [0.05, 0.1) is 12.1 Å². The first-order chi connectivity index (χ1) is 6.81. The quantitative estimate of drug-likeness (QED) is 0.794. The molecule has 1 N–H and O–H groups in total. The molecule has 0 bridgehead atoms. The third-order valence-electron chi connectivity index (χ3n) is 2.41. The third kappa shape index (κ3) is 1.63. The molecule has 14 heavy (non-hydrogen) atoms. The molecular formula is C11H15N3. The zero-order valence-corrected chi connectivity index (χ0v) is 8.62. The summed E-state index contributed by atoms with van der Waals surface area (Å²) < 4.78 is 1.99. The van der Waals surface area contributed by atoms with Crippen molar-refractivity contribution in [2.24, 2.45) is 0 Å². The molecule has 2 aromatic rings. The van der Waals surface area contributed by atoms with Gasteiger partial charge in [-0.25, -0.2) is 0 Å². The van der Waals surface area contributed by atoms with E-state index in [2.05, 4.69) is 35.7 Å². The van der Waals surface area contributed by atoms with Crippen molar-refractivity contribution in [3.8, 4) is 0 Å². The predicted octanol–water partition coefficient (Wildman–Crippen LogP) is 1.56. The lowest BCUT2D eigenvalue weighted by atomic mass is 10.1. The van der Waals surface area contributed by atoms with Crippen molar-refractivity contribution in [3.05, 3.63) is 30.0 Å². The van der Waals surface area contributed by atoms with Gasteiger partial charge in [-0.3, -0.25) is 4.68 Å². The second-order valence-corrected chi connectivity index (χ2v) is 3.50. The smallest absolute Gasteiger partial charge is 0.0925 e. The van der Waals surface area contributed by atoms with Crippen molar-refractivity contribution >= 4 is 10.9 Å². The molecule has 0 saturated heterocycles. The number of fused-ring (bicyclic) bond motifs is 1. The van der Waals surface area contributed by atoms with Gasteiger partial charge in [0.1, 0.15) is 0 Å². The van der Waals surface area contributed by atoms with Crippen LogP contribution in [-0.4, -0.2) is 23.4 Å². The Morgan fingerprint density at radius 1 is 1.43 bits per heavy atom. The van der Waals surface area contributed by atoms with Crippen LogP contribution >= 0.6 is 0 Å². The van der Waals surface area contributed by atoms with E-state index in [1.807, 2.05) is 17.8 Å². The highest BCUT2D eigenvalue weighted by atomic mass is 15.3. The number of nitrogens with one attached hydrogen (secondary N) is 1. The zero-order chi connectivity index (χ0) is 9.97. The maximum Gasteiger partial charge on any atom is 0.0925 e. The fraction of sp³-hybridized carbons (Fsp3) is 0.364. The number of aryl methyl sites for hydroxylation is 1. The fourth-order valence-electron chi connectivity index (χ4n) is 1.58. The molecule has 74 valence electrons. The van der Waals surface area contributed by atoms with Crippen LogP contribution in [0.15, 0.2) is 24.4 Å². The lowest BCUT2D eigenvalue weighted by Gasteiger charge is -1.97. The van der Waals surface area contributed by atoms with Gasteiger partial charge in [-0.1, -0.05) is 12.1 Å². The number of hydrogen-bond acceptors (Lipinski definition) is 2. The van der Waals surface area contributed by atoms with Crippen LogP contribution in [0.5, 0.6) is 0 Å². The number of aromatic nitrogens is 2. The molecule has 0 fully saturated rings. The monoisotopic (exact) mass is 189 g/mol. The van der Waals surface area contributed by atoms with Crippen LogP contribution in [0, 0.1) is 6.92 Å². The normalized spacial score (nSPS) is 11.0. The average Bonchev–Trinajstić information content (AvgIpc) is 2.59. The van der Waals surface area contributed by atoms with Crippen molar-refractivity contribution in [2.75, 3.05) is 13.6 Å². The van der Waals surface area contributed by atoms with Gasteiger partial charge in [-0.05, 0) is 25.6 Å². The number of nitrogens with zero attached hydrogens (tertiary/aromatic N) is 2. The van der Waals surface area contributed by atoms with Gasteiger partial charge >= 0.3 is 0 Å². The second-order valence-electron chi connectivity index (χ2n) is 3.50. The van der Waals surface area contributed by atoms with E-state index < -0.39 is 0 Å². The summed E-state index contributed by atoms with van der Waals surface area (Å²) in [5, 5.41) is 8.86. The third-order valence-corrected chi connectivity index (χ3v) is 2.41. The molecule has 0 unspecified atom stereocenters. The topological polar surface area (TPSA) is 29.9 Å². The molecule has 0 radical (unpaired) electrons. The molecular weight excluding hydrogens is 174 g/mol. The highest BCUT2D eigenvalue weighted by molar-refractivity contribution is 5.81. The van der Waals surface area contributed by atoms with Gasteiger partial charge in [0.15, 0.2) is 0 Å². The second kappa shape index (κ2) is 3.80. The minimum absolute atomic E-state index is 0.921. The number of benzene rings is 1. The van der Waals surface area contributed by atoms with Crippen LogP contribution in [0.2, 0.25) is 0 Å². The van der Waals surface area contributed by atoms with E-state index in [1.54, 1.807) is 0 Å². The van der Waals surface area contributed by atoms with Crippen molar-refractivity contribution in [1.82, 2.24) is 15.1 Å². The molecule has 0 spiro atoms. The standard InChI is InChI=1S/C11H15N3/c1-9-4-3-5-11-10(9)8-14(13-11)7-6-12-2/h3-5,8,12H,6-7H2,1-2H3. The highest BCUT2D eigenvalue weighted by Gasteiger charge is 2.01. The number of hydrogen-bond donors (Lipinski definition) is 1. The zero-order valence-electron chi connectivity index (χ0n) is 8.62. The summed E-state index contributed by atoms with van der Waals surface area (Å²) in [4.78, 5) is 0. The summed E-state index contributed by atoms with van der Waals surface area (Å²) in [6.45, 7) is 3.99. The summed E-state index contributed by atoms with van der Waals surface area (Å²) in [7, 11) is 1.95. The highest BCUT2D eigenvalue weighted by Crippen LogP contribution is 2.15. The van der Waals surface area contributed by atoms with Crippen LogP contribution in [-0.2, 0) is 6.54 Å². The first-order valence-electron chi connectivity index (χ1n) is 4.88. The van der Waals surface area contributed by atoms with E-state index in [9.17, 15) is 0 Å². The van der Waals surface area contributed by atoms with Crippen LogP contribution in [0.3, 0.4) is 0 Å². The van der Waals surface area contributed by atoms with Crippen LogP contribution in [0.4, 0.5) is 0 Å². The largest absolute Gasteiger partial charge is 0.318 e. The van der Waals surface area contributed by atoms with Gasteiger partial charge < -0.3 is 5.32 Å². The van der Waals surface area contributed by atoms with E-state index in [1.165, 1.54) is 10.9 Å². The molecule has 0 saturated carbocycles. The molecule has 0 aliphatic heterocycles. The summed E-state index contributed by atoms with van der Waals surface area (Å²) >= 11 is 0. The van der Waals surface area contributed by atoms with Gasteiger partial charge in [0, 0.05) is 18.1 Å². The van der Waals surface area contributed by atoms with E-state index in [0.717, 1.165) is 18.6 Å². The molecule has 0 aliphatic carbocycles. The molecule has 3 nitrogen and oxygen atoms in total. The Hall–Kier alpha value is -1.35. The summed E-state index contributed by atoms with van der Waals surface area (Å²) in [5.41, 5.74) is 2.37. The Bertz CT molecular complexity index is 431.